The van der Waals surface area contributed by atoms with Crippen LogP contribution >= 0.6 is 0 Å². The zero-order valence-corrected chi connectivity index (χ0v) is 12.4. The summed E-state index contributed by atoms with van der Waals surface area (Å²) in [6.07, 6.45) is 3.32. The van der Waals surface area contributed by atoms with Crippen LogP contribution in [0, 0.1) is 11.8 Å². The Morgan fingerprint density at radius 1 is 1.15 bits per heavy atom. The van der Waals surface area contributed by atoms with Gasteiger partial charge >= 0.3 is 7.12 Å². The molecule has 1 fully saturated rings. The standard InChI is InChI=1S/C15H23BO4/c1-10-4-5-13(8-11(10)2)20-15-7-6-12(19-3)9-14(15)16(17)18/h6-7,9-11,13,17-18H,4-5,8H2,1-3H3. The summed E-state index contributed by atoms with van der Waals surface area (Å²) >= 11 is 0. The van der Waals surface area contributed by atoms with Crippen molar-refractivity contribution in [2.75, 3.05) is 7.11 Å². The van der Waals surface area contributed by atoms with E-state index in [2.05, 4.69) is 13.8 Å². The molecule has 20 heavy (non-hydrogen) atoms. The topological polar surface area (TPSA) is 58.9 Å². The molecule has 110 valence electrons. The number of rotatable bonds is 4. The molecule has 1 aliphatic carbocycles. The minimum atomic E-state index is -1.56. The van der Waals surface area contributed by atoms with Crippen molar-refractivity contribution in [1.29, 1.82) is 0 Å². The van der Waals surface area contributed by atoms with Gasteiger partial charge in [-0.3, -0.25) is 0 Å². The molecule has 4 nitrogen and oxygen atoms in total. The maximum atomic E-state index is 9.47. The molecule has 0 heterocycles. The maximum absolute atomic E-state index is 9.47. The van der Waals surface area contributed by atoms with Crippen molar-refractivity contribution in [3.05, 3.63) is 18.2 Å². The van der Waals surface area contributed by atoms with E-state index in [9.17, 15) is 10.0 Å². The molecule has 0 radical (unpaired) electrons. The highest BCUT2D eigenvalue weighted by molar-refractivity contribution is 6.59. The van der Waals surface area contributed by atoms with Gasteiger partial charge in [-0.05, 0) is 49.3 Å². The Morgan fingerprint density at radius 3 is 2.50 bits per heavy atom. The van der Waals surface area contributed by atoms with Gasteiger partial charge in [-0.15, -0.1) is 0 Å². The summed E-state index contributed by atoms with van der Waals surface area (Å²) < 4.78 is 11.1. The van der Waals surface area contributed by atoms with Crippen LogP contribution in [0.5, 0.6) is 11.5 Å². The van der Waals surface area contributed by atoms with E-state index < -0.39 is 7.12 Å². The van der Waals surface area contributed by atoms with Gasteiger partial charge in [-0.1, -0.05) is 13.8 Å². The summed E-state index contributed by atoms with van der Waals surface area (Å²) in [7, 11) is -0.00631. The van der Waals surface area contributed by atoms with E-state index in [1.54, 1.807) is 25.3 Å². The highest BCUT2D eigenvalue weighted by Gasteiger charge is 2.27. The molecule has 0 bridgehead atoms. The highest BCUT2D eigenvalue weighted by Crippen LogP contribution is 2.31. The van der Waals surface area contributed by atoms with Gasteiger partial charge in [0, 0.05) is 5.46 Å². The molecule has 0 saturated heterocycles. The first kappa shape index (κ1) is 15.2. The summed E-state index contributed by atoms with van der Waals surface area (Å²) in [6, 6.07) is 5.13. The van der Waals surface area contributed by atoms with E-state index in [4.69, 9.17) is 9.47 Å². The Bertz CT molecular complexity index is 449. The Kier molecular flexibility index (Phi) is 4.94. The number of hydrogen-bond donors (Lipinski definition) is 2. The molecule has 2 rings (SSSR count). The lowest BCUT2D eigenvalue weighted by Gasteiger charge is -2.32. The average molecular weight is 278 g/mol. The second-order valence-corrected chi connectivity index (χ2v) is 5.78. The third-order valence-corrected chi connectivity index (χ3v) is 4.34. The van der Waals surface area contributed by atoms with Gasteiger partial charge in [0.05, 0.1) is 13.2 Å². The quantitative estimate of drug-likeness (QED) is 0.821. The van der Waals surface area contributed by atoms with E-state index >= 15 is 0 Å². The van der Waals surface area contributed by atoms with Crippen molar-refractivity contribution in [2.45, 2.75) is 39.2 Å². The third-order valence-electron chi connectivity index (χ3n) is 4.34. The van der Waals surface area contributed by atoms with Crippen LogP contribution < -0.4 is 14.9 Å². The van der Waals surface area contributed by atoms with Crippen molar-refractivity contribution in [1.82, 2.24) is 0 Å². The van der Waals surface area contributed by atoms with Crippen LogP contribution in [0.1, 0.15) is 33.1 Å². The van der Waals surface area contributed by atoms with Crippen molar-refractivity contribution in [2.24, 2.45) is 11.8 Å². The van der Waals surface area contributed by atoms with Crippen molar-refractivity contribution >= 4 is 12.6 Å². The fraction of sp³-hybridized carbons (Fsp3) is 0.600. The van der Waals surface area contributed by atoms with E-state index in [1.807, 2.05) is 0 Å². The second-order valence-electron chi connectivity index (χ2n) is 5.78. The van der Waals surface area contributed by atoms with E-state index in [1.165, 1.54) is 0 Å². The van der Waals surface area contributed by atoms with Gasteiger partial charge in [-0.2, -0.15) is 0 Å². The lowest BCUT2D eigenvalue weighted by atomic mass is 9.78. The molecular formula is C15H23BO4. The lowest BCUT2D eigenvalue weighted by Crippen LogP contribution is -2.35. The molecule has 3 unspecified atom stereocenters. The van der Waals surface area contributed by atoms with Gasteiger partial charge in [0.25, 0.3) is 0 Å². The molecule has 0 amide bonds. The third kappa shape index (κ3) is 3.47. The first-order valence-electron chi connectivity index (χ1n) is 7.22. The van der Waals surface area contributed by atoms with Crippen LogP contribution in [-0.4, -0.2) is 30.4 Å². The van der Waals surface area contributed by atoms with Gasteiger partial charge in [0.15, 0.2) is 0 Å². The van der Waals surface area contributed by atoms with Crippen LogP contribution in [0.3, 0.4) is 0 Å². The fourth-order valence-corrected chi connectivity index (χ4v) is 2.75. The van der Waals surface area contributed by atoms with Gasteiger partial charge in [0.1, 0.15) is 11.5 Å². The highest BCUT2D eigenvalue weighted by atomic mass is 16.5. The molecule has 5 heteroatoms. The van der Waals surface area contributed by atoms with Gasteiger partial charge < -0.3 is 19.5 Å². The Hall–Kier alpha value is -1.20. The smallest absolute Gasteiger partial charge is 0.492 e. The van der Waals surface area contributed by atoms with Crippen LogP contribution in [0.25, 0.3) is 0 Å². The molecule has 1 aromatic carbocycles. The Balaban J connectivity index is 2.12. The van der Waals surface area contributed by atoms with Crippen molar-refractivity contribution < 1.29 is 19.5 Å². The van der Waals surface area contributed by atoms with Gasteiger partial charge in [-0.25, -0.2) is 0 Å². The van der Waals surface area contributed by atoms with Crippen molar-refractivity contribution in [3.8, 4) is 11.5 Å². The molecule has 0 aromatic heterocycles. The summed E-state index contributed by atoms with van der Waals surface area (Å²) in [5, 5.41) is 18.9. The summed E-state index contributed by atoms with van der Waals surface area (Å²) in [5.41, 5.74) is 0.357. The number of hydrogen-bond acceptors (Lipinski definition) is 4. The largest absolute Gasteiger partial charge is 0.497 e. The van der Waals surface area contributed by atoms with Crippen LogP contribution in [0.2, 0.25) is 0 Å². The second kappa shape index (κ2) is 6.50. The van der Waals surface area contributed by atoms with E-state index in [0.717, 1.165) is 25.2 Å². The minimum absolute atomic E-state index is 0.145. The number of benzene rings is 1. The summed E-state index contributed by atoms with van der Waals surface area (Å²) in [6.45, 7) is 4.52. The molecular weight excluding hydrogens is 255 g/mol. The zero-order valence-electron chi connectivity index (χ0n) is 12.4. The number of ether oxygens (including phenoxy) is 2. The molecule has 0 spiro atoms. The van der Waals surface area contributed by atoms with E-state index in [0.29, 0.717) is 22.9 Å². The van der Waals surface area contributed by atoms with E-state index in [-0.39, 0.29) is 6.10 Å². The molecule has 2 N–H and O–H groups in total. The SMILES string of the molecule is COc1ccc(OC2CCC(C)C(C)C2)c(B(O)O)c1. The fourth-order valence-electron chi connectivity index (χ4n) is 2.75. The zero-order chi connectivity index (χ0) is 14.7. The molecule has 1 aromatic rings. The predicted octanol–water partition coefficient (Wildman–Crippen LogP) is 1.58. The average Bonchev–Trinajstić information content (AvgIpc) is 2.43. The molecule has 3 atom stereocenters. The van der Waals surface area contributed by atoms with Crippen LogP contribution in [0.15, 0.2) is 18.2 Å². The first-order chi connectivity index (χ1) is 9.51. The maximum Gasteiger partial charge on any atom is 0.492 e. The Morgan fingerprint density at radius 2 is 1.90 bits per heavy atom. The first-order valence-corrected chi connectivity index (χ1v) is 7.22. The molecule has 1 aliphatic rings. The molecule has 0 aliphatic heterocycles. The summed E-state index contributed by atoms with van der Waals surface area (Å²) in [4.78, 5) is 0. The van der Waals surface area contributed by atoms with Crippen LogP contribution in [0.4, 0.5) is 0 Å². The molecule has 1 saturated carbocycles. The number of methoxy groups -OCH3 is 1. The monoisotopic (exact) mass is 278 g/mol. The normalized spacial score (nSPS) is 26.1. The van der Waals surface area contributed by atoms with Crippen LogP contribution in [-0.2, 0) is 0 Å². The van der Waals surface area contributed by atoms with Gasteiger partial charge in [0.2, 0.25) is 0 Å². The van der Waals surface area contributed by atoms with Crippen molar-refractivity contribution in [3.63, 3.8) is 0 Å². The lowest BCUT2D eigenvalue weighted by molar-refractivity contribution is 0.101. The summed E-state index contributed by atoms with van der Waals surface area (Å²) in [5.74, 6) is 2.49. The Labute approximate surface area is 120 Å². The predicted molar refractivity (Wildman–Crippen MR) is 79.4 cm³/mol. The minimum Gasteiger partial charge on any atom is -0.497 e.